The van der Waals surface area contributed by atoms with Crippen LogP contribution in [0.25, 0.3) is 0 Å². The number of carbonyl (C=O) groups excluding carboxylic acids is 3. The first-order chi connectivity index (χ1) is 18.5. The maximum Gasteiger partial charge on any atom is 0.194 e. The first kappa shape index (κ1) is 26.6. The fourth-order valence-corrected chi connectivity index (χ4v) is 4.45. The molecule has 4 rings (SSSR count). The molecule has 0 aliphatic rings. The molecular weight excluding hydrogens is 476 g/mol. The van der Waals surface area contributed by atoms with Gasteiger partial charge in [0.1, 0.15) is 11.5 Å². The van der Waals surface area contributed by atoms with Gasteiger partial charge in [-0.15, -0.1) is 0 Å². The fourth-order valence-electron chi connectivity index (χ4n) is 4.45. The van der Waals surface area contributed by atoms with Gasteiger partial charge in [0.25, 0.3) is 0 Å². The Hall–Kier alpha value is -4.51. The van der Waals surface area contributed by atoms with E-state index in [0.717, 1.165) is 11.1 Å². The van der Waals surface area contributed by atoms with Crippen LogP contribution < -0.4 is 9.47 Å². The summed E-state index contributed by atoms with van der Waals surface area (Å²) < 4.78 is 11.6. The highest BCUT2D eigenvalue weighted by molar-refractivity contribution is 6.21. The van der Waals surface area contributed by atoms with E-state index >= 15 is 0 Å². The van der Waals surface area contributed by atoms with Crippen LogP contribution in [-0.2, 0) is 12.8 Å². The van der Waals surface area contributed by atoms with Crippen LogP contribution in [0.5, 0.6) is 11.5 Å². The van der Waals surface area contributed by atoms with Crippen LogP contribution in [0, 0.1) is 0 Å². The third-order valence-corrected chi connectivity index (χ3v) is 6.11. The summed E-state index contributed by atoms with van der Waals surface area (Å²) >= 11 is 0. The monoisotopic (exact) mass is 506 g/mol. The number of ether oxygens (including phenoxy) is 2. The average Bonchev–Trinajstić information content (AvgIpc) is 2.94. The van der Waals surface area contributed by atoms with Crippen LogP contribution in [-0.4, -0.2) is 30.6 Å². The molecule has 0 aliphatic heterocycles. The number of hydrogen-bond donors (Lipinski definition) is 0. The van der Waals surface area contributed by atoms with Gasteiger partial charge in [-0.25, -0.2) is 0 Å². The van der Waals surface area contributed by atoms with Crippen LogP contribution in [0.3, 0.4) is 0 Å². The van der Waals surface area contributed by atoms with Gasteiger partial charge in [0, 0.05) is 24.0 Å². The Morgan fingerprint density at radius 1 is 0.526 bits per heavy atom. The zero-order valence-electron chi connectivity index (χ0n) is 21.6. The summed E-state index contributed by atoms with van der Waals surface area (Å²) in [5, 5.41) is 0. The molecule has 5 nitrogen and oxygen atoms in total. The van der Waals surface area contributed by atoms with Gasteiger partial charge in [-0.05, 0) is 37.1 Å². The van der Waals surface area contributed by atoms with E-state index in [0.29, 0.717) is 24.7 Å². The summed E-state index contributed by atoms with van der Waals surface area (Å²) in [5.41, 5.74) is 2.48. The Labute approximate surface area is 223 Å². The van der Waals surface area contributed by atoms with Gasteiger partial charge < -0.3 is 9.47 Å². The van der Waals surface area contributed by atoms with Crippen LogP contribution in [0.4, 0.5) is 0 Å². The molecule has 0 aromatic heterocycles. The smallest absolute Gasteiger partial charge is 0.194 e. The van der Waals surface area contributed by atoms with E-state index in [-0.39, 0.29) is 46.7 Å². The minimum absolute atomic E-state index is 0.115. The molecule has 4 aromatic carbocycles. The number of carbonyl (C=O) groups is 3. The molecule has 0 heterocycles. The minimum Gasteiger partial charge on any atom is -0.493 e. The van der Waals surface area contributed by atoms with Gasteiger partial charge in [-0.1, -0.05) is 84.9 Å². The average molecular weight is 507 g/mol. The molecule has 0 radical (unpaired) electrons. The van der Waals surface area contributed by atoms with Crippen LogP contribution >= 0.6 is 0 Å². The molecule has 0 spiro atoms. The predicted molar refractivity (Wildman–Crippen MR) is 148 cm³/mol. The fraction of sp³-hybridized carbons (Fsp3) is 0.182. The Morgan fingerprint density at radius 3 is 1.29 bits per heavy atom. The molecule has 4 aromatic rings. The summed E-state index contributed by atoms with van der Waals surface area (Å²) in [6.07, 6.45) is 0.230. The maximum absolute atomic E-state index is 14.1. The summed E-state index contributed by atoms with van der Waals surface area (Å²) in [5.74, 6) is -0.209. The van der Waals surface area contributed by atoms with Crippen LogP contribution in [0.1, 0.15) is 61.6 Å². The third kappa shape index (κ3) is 6.06. The van der Waals surface area contributed by atoms with Crippen molar-refractivity contribution in [2.75, 3.05) is 13.2 Å². The number of rotatable bonds is 12. The second-order valence-corrected chi connectivity index (χ2v) is 8.72. The van der Waals surface area contributed by atoms with E-state index in [1.165, 1.54) is 0 Å². The normalized spacial score (nSPS) is 10.6. The molecule has 0 fully saturated rings. The van der Waals surface area contributed by atoms with Gasteiger partial charge in [0.2, 0.25) is 0 Å². The maximum atomic E-state index is 14.1. The van der Waals surface area contributed by atoms with Gasteiger partial charge in [-0.3, -0.25) is 14.4 Å². The lowest BCUT2D eigenvalue weighted by Gasteiger charge is -2.17. The minimum atomic E-state index is -0.430. The molecule has 0 N–H and O–H groups in total. The largest absolute Gasteiger partial charge is 0.493 e. The second-order valence-electron chi connectivity index (χ2n) is 8.72. The van der Waals surface area contributed by atoms with Gasteiger partial charge >= 0.3 is 0 Å². The van der Waals surface area contributed by atoms with E-state index in [1.807, 2.05) is 74.5 Å². The van der Waals surface area contributed by atoms with E-state index in [4.69, 9.17) is 9.47 Å². The Morgan fingerprint density at radius 2 is 0.921 bits per heavy atom. The first-order valence-electron chi connectivity index (χ1n) is 12.7. The topological polar surface area (TPSA) is 69.7 Å². The molecule has 5 heteroatoms. The molecule has 0 bridgehead atoms. The van der Waals surface area contributed by atoms with Gasteiger partial charge in [-0.2, -0.15) is 0 Å². The quantitative estimate of drug-likeness (QED) is 0.203. The van der Waals surface area contributed by atoms with Gasteiger partial charge in [0.15, 0.2) is 17.3 Å². The zero-order valence-corrected chi connectivity index (χ0v) is 21.6. The molecule has 0 amide bonds. The molecule has 38 heavy (non-hydrogen) atoms. The summed E-state index contributed by atoms with van der Waals surface area (Å²) in [7, 11) is 0. The molecule has 0 aliphatic carbocycles. The second kappa shape index (κ2) is 12.6. The van der Waals surface area contributed by atoms with Crippen LogP contribution in [0.2, 0.25) is 0 Å². The van der Waals surface area contributed by atoms with Crippen molar-refractivity contribution in [1.82, 2.24) is 0 Å². The van der Waals surface area contributed by atoms with Crippen molar-refractivity contribution in [3.8, 4) is 11.5 Å². The number of ketones is 3. The standard InChI is InChI=1S/C33H30O5/c1-3-37-29-19-11-17-25(31(29)27(34)21-23-13-7-5-8-14-23)33(36)26-18-12-20-30(38-4-2)32(26)28(35)22-24-15-9-6-10-16-24/h5-20H,3-4,21-22H2,1-2H3. The number of Topliss-reactive ketones (excluding diaryl/α,β-unsaturated/α-hetero) is 2. The van der Waals surface area contributed by atoms with Crippen molar-refractivity contribution < 1.29 is 23.9 Å². The van der Waals surface area contributed by atoms with Gasteiger partial charge in [0.05, 0.1) is 24.3 Å². The molecule has 0 saturated carbocycles. The highest BCUT2D eigenvalue weighted by atomic mass is 16.5. The van der Waals surface area contributed by atoms with Crippen LogP contribution in [0.15, 0.2) is 97.1 Å². The van der Waals surface area contributed by atoms with Crippen molar-refractivity contribution in [3.05, 3.63) is 130 Å². The summed E-state index contributed by atoms with van der Waals surface area (Å²) in [6, 6.07) is 28.7. The molecule has 0 saturated heterocycles. The Kier molecular flexibility index (Phi) is 8.83. The SMILES string of the molecule is CCOc1cccc(C(=O)c2cccc(OCC)c2C(=O)Cc2ccccc2)c1C(=O)Cc1ccccc1. The Balaban J connectivity index is 1.80. The van der Waals surface area contributed by atoms with E-state index in [2.05, 4.69) is 0 Å². The van der Waals surface area contributed by atoms with E-state index in [9.17, 15) is 14.4 Å². The van der Waals surface area contributed by atoms with Crippen molar-refractivity contribution >= 4 is 17.3 Å². The van der Waals surface area contributed by atoms with Crippen molar-refractivity contribution in [3.63, 3.8) is 0 Å². The highest BCUT2D eigenvalue weighted by Crippen LogP contribution is 2.31. The number of benzene rings is 4. The molecule has 192 valence electrons. The first-order valence-corrected chi connectivity index (χ1v) is 12.7. The lowest BCUT2D eigenvalue weighted by molar-refractivity contribution is 0.0965. The summed E-state index contributed by atoms with van der Waals surface area (Å²) in [6.45, 7) is 4.32. The molecular formula is C33H30O5. The van der Waals surface area contributed by atoms with Crippen molar-refractivity contribution in [2.45, 2.75) is 26.7 Å². The highest BCUT2D eigenvalue weighted by Gasteiger charge is 2.28. The third-order valence-electron chi connectivity index (χ3n) is 6.11. The molecule has 0 atom stereocenters. The predicted octanol–water partition coefficient (Wildman–Crippen LogP) is 6.57. The van der Waals surface area contributed by atoms with E-state index < -0.39 is 5.78 Å². The molecule has 0 unspecified atom stereocenters. The van der Waals surface area contributed by atoms with Crippen molar-refractivity contribution in [2.24, 2.45) is 0 Å². The Bertz CT molecular complexity index is 1320. The lowest BCUT2D eigenvalue weighted by Crippen LogP contribution is -2.18. The lowest BCUT2D eigenvalue weighted by atomic mass is 9.89. The number of hydrogen-bond acceptors (Lipinski definition) is 5. The van der Waals surface area contributed by atoms with E-state index in [1.54, 1.807) is 36.4 Å². The summed E-state index contributed by atoms with van der Waals surface area (Å²) in [4.78, 5) is 41.2. The van der Waals surface area contributed by atoms with Crippen molar-refractivity contribution in [1.29, 1.82) is 0 Å². The zero-order chi connectivity index (χ0) is 26.9.